The summed E-state index contributed by atoms with van der Waals surface area (Å²) in [7, 11) is 1.62. The molecule has 0 radical (unpaired) electrons. The second-order valence-corrected chi connectivity index (χ2v) is 8.84. The topological polar surface area (TPSA) is 101 Å². The van der Waals surface area contributed by atoms with Crippen molar-refractivity contribution in [3.05, 3.63) is 36.0 Å². The third kappa shape index (κ3) is 10.6. The van der Waals surface area contributed by atoms with Crippen molar-refractivity contribution in [1.82, 2.24) is 15.2 Å². The Morgan fingerprint density at radius 3 is 2.74 bits per heavy atom. The first kappa shape index (κ1) is 28.5. The van der Waals surface area contributed by atoms with Gasteiger partial charge < -0.3 is 24.8 Å². The van der Waals surface area contributed by atoms with Gasteiger partial charge in [0, 0.05) is 44.7 Å². The standard InChI is InChI=1S/C26H39N3O3.CH2O2/c1-3-4-8-21-19-22-9-7-14-28-26(22)24(20-21)32-23-10-16-29(17-11-23)15-6-5-13-27-25(30)12-18-31-2;2-1-3/h7,9,14,19-20,23H,3-6,8,10-13,15-18H2,1-2H3,(H,27,30);1H,(H,2,3). The maximum Gasteiger partial charge on any atom is 0.290 e. The van der Waals surface area contributed by atoms with E-state index in [0.717, 1.165) is 69.5 Å². The van der Waals surface area contributed by atoms with Crippen molar-refractivity contribution >= 4 is 23.3 Å². The number of fused-ring (bicyclic) bond motifs is 1. The van der Waals surface area contributed by atoms with Crippen LogP contribution in [0, 0.1) is 0 Å². The predicted molar refractivity (Wildman–Crippen MR) is 138 cm³/mol. The molecule has 0 spiro atoms. The minimum absolute atomic E-state index is 0.0746. The van der Waals surface area contributed by atoms with Crippen LogP contribution in [0.15, 0.2) is 30.5 Å². The number of pyridine rings is 1. The number of benzene rings is 1. The highest BCUT2D eigenvalue weighted by atomic mass is 16.5. The van der Waals surface area contributed by atoms with Crippen molar-refractivity contribution in [2.24, 2.45) is 0 Å². The van der Waals surface area contributed by atoms with E-state index in [1.807, 2.05) is 12.3 Å². The fourth-order valence-corrected chi connectivity index (χ4v) is 4.23. The molecule has 2 aromatic rings. The Hall–Kier alpha value is -2.71. The van der Waals surface area contributed by atoms with Crippen LogP contribution in [0.4, 0.5) is 0 Å². The molecule has 3 rings (SSSR count). The van der Waals surface area contributed by atoms with Gasteiger partial charge in [-0.05, 0) is 68.8 Å². The van der Waals surface area contributed by atoms with E-state index >= 15 is 0 Å². The fraction of sp³-hybridized carbons (Fsp3) is 0.593. The summed E-state index contributed by atoms with van der Waals surface area (Å²) in [6.45, 7) is 6.41. The van der Waals surface area contributed by atoms with Crippen molar-refractivity contribution in [2.75, 3.05) is 39.9 Å². The molecule has 1 saturated heterocycles. The molecule has 1 aromatic carbocycles. The second kappa shape index (κ2) is 16.8. The Bertz CT molecular complexity index is 884. The van der Waals surface area contributed by atoms with Gasteiger partial charge in [0.05, 0.1) is 6.61 Å². The summed E-state index contributed by atoms with van der Waals surface area (Å²) in [6, 6.07) is 8.60. The summed E-state index contributed by atoms with van der Waals surface area (Å²) in [5, 5.41) is 11.0. The van der Waals surface area contributed by atoms with Gasteiger partial charge in [0.15, 0.2) is 0 Å². The van der Waals surface area contributed by atoms with E-state index in [1.54, 1.807) is 7.11 Å². The maximum absolute atomic E-state index is 11.6. The number of carbonyl (C=O) groups excluding carboxylic acids is 1. The zero-order valence-electron chi connectivity index (χ0n) is 21.2. The number of nitrogens with one attached hydrogen (secondary N) is 1. The number of ether oxygens (including phenoxy) is 2. The first-order valence-electron chi connectivity index (χ1n) is 12.7. The monoisotopic (exact) mass is 487 g/mol. The molecule has 35 heavy (non-hydrogen) atoms. The molecule has 0 saturated carbocycles. The number of amides is 1. The van der Waals surface area contributed by atoms with Crippen LogP contribution in [-0.2, 0) is 20.7 Å². The molecule has 1 fully saturated rings. The SMILES string of the molecule is CCCCc1cc(OC2CCN(CCCCNC(=O)CCOC)CC2)c2ncccc2c1.O=CO. The van der Waals surface area contributed by atoms with Crippen molar-refractivity contribution < 1.29 is 24.2 Å². The number of rotatable bonds is 13. The number of methoxy groups -OCH3 is 1. The average Bonchev–Trinajstić information content (AvgIpc) is 2.87. The second-order valence-electron chi connectivity index (χ2n) is 8.84. The smallest absolute Gasteiger partial charge is 0.290 e. The number of carboxylic acid groups (broad SMARTS) is 1. The summed E-state index contributed by atoms with van der Waals surface area (Å²) in [5.41, 5.74) is 2.32. The van der Waals surface area contributed by atoms with E-state index in [9.17, 15) is 4.79 Å². The maximum atomic E-state index is 11.6. The van der Waals surface area contributed by atoms with Gasteiger partial charge in [0.1, 0.15) is 17.4 Å². The molecule has 2 heterocycles. The van der Waals surface area contributed by atoms with E-state index < -0.39 is 0 Å². The van der Waals surface area contributed by atoms with E-state index in [2.05, 4.69) is 40.3 Å². The molecule has 194 valence electrons. The minimum Gasteiger partial charge on any atom is -0.488 e. The molecule has 1 aliphatic rings. The van der Waals surface area contributed by atoms with E-state index in [0.29, 0.717) is 13.0 Å². The first-order chi connectivity index (χ1) is 17.1. The van der Waals surface area contributed by atoms with Crippen LogP contribution in [0.3, 0.4) is 0 Å². The van der Waals surface area contributed by atoms with E-state index in [1.165, 1.54) is 23.8 Å². The molecule has 8 heteroatoms. The van der Waals surface area contributed by atoms with Crippen molar-refractivity contribution in [3.63, 3.8) is 0 Å². The fourth-order valence-electron chi connectivity index (χ4n) is 4.23. The summed E-state index contributed by atoms with van der Waals surface area (Å²) in [4.78, 5) is 27.1. The van der Waals surface area contributed by atoms with Gasteiger partial charge in [-0.25, -0.2) is 0 Å². The van der Waals surface area contributed by atoms with Gasteiger partial charge in [-0.2, -0.15) is 0 Å². The van der Waals surface area contributed by atoms with E-state index in [4.69, 9.17) is 19.4 Å². The molecule has 0 bridgehead atoms. The Morgan fingerprint density at radius 2 is 2.03 bits per heavy atom. The molecule has 1 aromatic heterocycles. The van der Waals surface area contributed by atoms with Gasteiger partial charge >= 0.3 is 0 Å². The predicted octanol–water partition coefficient (Wildman–Crippen LogP) is 4.05. The lowest BCUT2D eigenvalue weighted by Crippen LogP contribution is -2.39. The van der Waals surface area contributed by atoms with Gasteiger partial charge in [-0.3, -0.25) is 14.6 Å². The molecule has 0 aliphatic carbocycles. The molecule has 1 aliphatic heterocycles. The van der Waals surface area contributed by atoms with Gasteiger partial charge in [0.2, 0.25) is 5.91 Å². The number of unbranched alkanes of at least 4 members (excludes halogenated alkanes) is 2. The lowest BCUT2D eigenvalue weighted by molar-refractivity contribution is -0.123. The van der Waals surface area contributed by atoms with Crippen LogP contribution < -0.4 is 10.1 Å². The van der Waals surface area contributed by atoms with Crippen LogP contribution >= 0.6 is 0 Å². The zero-order valence-corrected chi connectivity index (χ0v) is 21.2. The molecule has 0 atom stereocenters. The van der Waals surface area contributed by atoms with Crippen LogP contribution in [0.25, 0.3) is 10.9 Å². The highest BCUT2D eigenvalue weighted by Gasteiger charge is 2.21. The third-order valence-electron chi connectivity index (χ3n) is 6.13. The summed E-state index contributed by atoms with van der Waals surface area (Å²) in [5.74, 6) is 1.02. The van der Waals surface area contributed by atoms with Gasteiger partial charge in [-0.15, -0.1) is 0 Å². The number of piperidine rings is 1. The van der Waals surface area contributed by atoms with Crippen molar-refractivity contribution in [2.45, 2.75) is 64.4 Å². The highest BCUT2D eigenvalue weighted by molar-refractivity contribution is 5.85. The Morgan fingerprint density at radius 1 is 1.26 bits per heavy atom. The first-order valence-corrected chi connectivity index (χ1v) is 12.7. The van der Waals surface area contributed by atoms with E-state index in [-0.39, 0.29) is 18.5 Å². The molecule has 1 amide bonds. The molecule has 0 unspecified atom stereocenters. The molecular weight excluding hydrogens is 446 g/mol. The Labute approximate surface area is 209 Å². The third-order valence-corrected chi connectivity index (χ3v) is 6.13. The van der Waals surface area contributed by atoms with Crippen LogP contribution in [0.1, 0.15) is 57.4 Å². The van der Waals surface area contributed by atoms with Crippen LogP contribution in [0.5, 0.6) is 5.75 Å². The van der Waals surface area contributed by atoms with Gasteiger partial charge in [-0.1, -0.05) is 19.4 Å². The quantitative estimate of drug-likeness (QED) is 0.325. The van der Waals surface area contributed by atoms with Gasteiger partial charge in [0.25, 0.3) is 6.47 Å². The number of carbonyl (C=O) groups is 2. The molecule has 8 nitrogen and oxygen atoms in total. The van der Waals surface area contributed by atoms with Crippen LogP contribution in [-0.4, -0.2) is 73.4 Å². The minimum atomic E-state index is -0.250. The normalized spacial score (nSPS) is 14.2. The number of aryl methyl sites for hydroxylation is 1. The Balaban J connectivity index is 0.00000137. The number of hydrogen-bond acceptors (Lipinski definition) is 6. The van der Waals surface area contributed by atoms with Crippen molar-refractivity contribution in [1.29, 1.82) is 0 Å². The average molecular weight is 488 g/mol. The lowest BCUT2D eigenvalue weighted by Gasteiger charge is -2.32. The largest absolute Gasteiger partial charge is 0.488 e. The number of aromatic nitrogens is 1. The molecule has 2 N–H and O–H groups in total. The lowest BCUT2D eigenvalue weighted by atomic mass is 10.0. The summed E-state index contributed by atoms with van der Waals surface area (Å²) < 4.78 is 11.4. The highest BCUT2D eigenvalue weighted by Crippen LogP contribution is 2.29. The van der Waals surface area contributed by atoms with Crippen molar-refractivity contribution in [3.8, 4) is 5.75 Å². The Kier molecular flexibility index (Phi) is 13.7. The van der Waals surface area contributed by atoms with Crippen LogP contribution in [0.2, 0.25) is 0 Å². The molecular formula is C27H41N3O5. The summed E-state index contributed by atoms with van der Waals surface area (Å²) >= 11 is 0. The number of nitrogens with zero attached hydrogens (tertiary/aromatic N) is 2. The number of likely N-dealkylation sites (tertiary alicyclic amines) is 1. The summed E-state index contributed by atoms with van der Waals surface area (Å²) in [6.07, 6.45) is 10.2. The number of hydrogen-bond donors (Lipinski definition) is 2. The zero-order chi connectivity index (χ0) is 25.3.